The molecule has 0 aromatic heterocycles. The molecule has 0 radical (unpaired) electrons. The Morgan fingerprint density at radius 1 is 0.514 bits per heavy atom. The van der Waals surface area contributed by atoms with E-state index >= 15 is 0 Å². The van der Waals surface area contributed by atoms with E-state index in [1.54, 1.807) is 0 Å². The molecule has 4 heterocycles. The quantitative estimate of drug-likeness (QED) is 0.350. The van der Waals surface area contributed by atoms with Crippen LogP contribution in [0.1, 0.15) is 129 Å². The number of hydrogen-bond acceptors (Lipinski definition) is 4. The van der Waals surface area contributed by atoms with Gasteiger partial charge < -0.3 is 9.80 Å². The fourth-order valence-corrected chi connectivity index (χ4v) is 6.03. The average molecular weight is 525 g/mol. The summed E-state index contributed by atoms with van der Waals surface area (Å²) >= 11 is 0. The van der Waals surface area contributed by atoms with Gasteiger partial charge in [-0.1, -0.05) is 35.1 Å². The first-order valence-corrected chi connectivity index (χ1v) is 15.9. The fourth-order valence-electron chi connectivity index (χ4n) is 6.03. The molecule has 0 unspecified atom stereocenters. The van der Waals surface area contributed by atoms with E-state index in [0.29, 0.717) is 0 Å². The van der Waals surface area contributed by atoms with E-state index in [0.717, 1.165) is 48.1 Å². The van der Waals surface area contributed by atoms with Crippen LogP contribution < -0.4 is 0 Å². The summed E-state index contributed by atoms with van der Waals surface area (Å²) in [5.41, 5.74) is 0. The molecular formula is C33H72N4. The van der Waals surface area contributed by atoms with E-state index in [2.05, 4.69) is 103 Å². The summed E-state index contributed by atoms with van der Waals surface area (Å²) in [6.45, 7) is 35.4. The van der Waals surface area contributed by atoms with Crippen LogP contribution in [0.4, 0.5) is 0 Å². The first-order chi connectivity index (χ1) is 16.9. The lowest BCUT2D eigenvalue weighted by molar-refractivity contribution is 0.0541. The zero-order valence-electron chi connectivity index (χ0n) is 26.9. The van der Waals surface area contributed by atoms with E-state index in [-0.39, 0.29) is 7.43 Å². The van der Waals surface area contributed by atoms with Crippen molar-refractivity contribution in [2.45, 2.75) is 165 Å². The van der Waals surface area contributed by atoms with Crippen LogP contribution in [-0.2, 0) is 0 Å². The van der Waals surface area contributed by atoms with Crippen molar-refractivity contribution in [1.82, 2.24) is 19.6 Å². The van der Waals surface area contributed by atoms with Crippen molar-refractivity contribution in [1.29, 1.82) is 0 Å². The summed E-state index contributed by atoms with van der Waals surface area (Å²) < 4.78 is 0. The fraction of sp³-hybridized carbons (Fsp3) is 1.00. The summed E-state index contributed by atoms with van der Waals surface area (Å²) in [5, 5.41) is 0. The Balaban J connectivity index is 0.000000463. The molecule has 4 rings (SSSR count). The van der Waals surface area contributed by atoms with Gasteiger partial charge in [0, 0.05) is 62.4 Å². The van der Waals surface area contributed by atoms with Gasteiger partial charge in [0.1, 0.15) is 0 Å². The zero-order chi connectivity index (χ0) is 27.4. The molecule has 4 aliphatic heterocycles. The molecule has 0 N–H and O–H groups in total. The van der Waals surface area contributed by atoms with E-state index in [1.807, 2.05) is 0 Å². The molecule has 4 nitrogen and oxygen atoms in total. The summed E-state index contributed by atoms with van der Waals surface area (Å²) in [6, 6.07) is 4.87. The minimum atomic E-state index is 0. The van der Waals surface area contributed by atoms with Gasteiger partial charge in [0.15, 0.2) is 0 Å². The summed E-state index contributed by atoms with van der Waals surface area (Å²) in [5.74, 6) is 1.87. The van der Waals surface area contributed by atoms with Crippen LogP contribution in [0.15, 0.2) is 0 Å². The van der Waals surface area contributed by atoms with E-state index in [1.165, 1.54) is 77.8 Å². The van der Waals surface area contributed by atoms with Crippen molar-refractivity contribution >= 4 is 0 Å². The predicted octanol–water partition coefficient (Wildman–Crippen LogP) is 7.87. The molecule has 0 amide bonds. The highest BCUT2D eigenvalue weighted by Gasteiger charge is 2.28. The van der Waals surface area contributed by atoms with Crippen molar-refractivity contribution in [3.8, 4) is 0 Å². The molecule has 0 saturated carbocycles. The van der Waals surface area contributed by atoms with Gasteiger partial charge in [-0.2, -0.15) is 0 Å². The van der Waals surface area contributed by atoms with E-state index in [4.69, 9.17) is 0 Å². The van der Waals surface area contributed by atoms with Gasteiger partial charge in [0.2, 0.25) is 0 Å². The maximum absolute atomic E-state index is 2.57. The first kappa shape index (κ1) is 36.8. The minimum Gasteiger partial charge on any atom is -0.301 e. The Morgan fingerprint density at radius 3 is 0.919 bits per heavy atom. The third kappa shape index (κ3) is 13.2. The van der Waals surface area contributed by atoms with Gasteiger partial charge in [-0.15, -0.1) is 0 Å². The van der Waals surface area contributed by atoms with Crippen LogP contribution in [0.2, 0.25) is 0 Å². The molecule has 4 saturated heterocycles. The largest absolute Gasteiger partial charge is 0.301 e. The standard InChI is InChI=1S/4C8H17N.CH4/c2*1-7(2)9-5-4-8(3)6-9;2*1-4-8-5-6-9(8)7(2)3;/h4*7-8H,4-6H2,1-3H3;1H4/t4*8-;/m1010./s1. The molecule has 4 atom stereocenters. The van der Waals surface area contributed by atoms with Gasteiger partial charge in [-0.25, -0.2) is 0 Å². The average Bonchev–Trinajstić information content (AvgIpc) is 3.36. The van der Waals surface area contributed by atoms with Crippen LogP contribution in [0.25, 0.3) is 0 Å². The topological polar surface area (TPSA) is 13.0 Å². The molecule has 4 heteroatoms. The molecule has 0 aromatic rings. The van der Waals surface area contributed by atoms with Gasteiger partial charge in [-0.3, -0.25) is 9.80 Å². The van der Waals surface area contributed by atoms with E-state index < -0.39 is 0 Å². The number of hydrogen-bond donors (Lipinski definition) is 0. The normalized spacial score (nSPS) is 28.5. The summed E-state index contributed by atoms with van der Waals surface area (Å²) in [6.07, 6.45) is 8.32. The second-order valence-corrected chi connectivity index (χ2v) is 13.3. The highest BCUT2D eigenvalue weighted by atomic mass is 15.2. The van der Waals surface area contributed by atoms with Crippen molar-refractivity contribution in [3.05, 3.63) is 0 Å². The van der Waals surface area contributed by atoms with Crippen LogP contribution in [-0.4, -0.2) is 95.1 Å². The van der Waals surface area contributed by atoms with Gasteiger partial charge in [0.05, 0.1) is 0 Å². The molecule has 0 bridgehead atoms. The molecule has 0 aromatic carbocycles. The lowest BCUT2D eigenvalue weighted by atomic mass is 9.98. The maximum Gasteiger partial charge on any atom is 0.0107 e. The second-order valence-electron chi connectivity index (χ2n) is 13.3. The number of nitrogens with zero attached hydrogens (tertiary/aromatic N) is 4. The van der Waals surface area contributed by atoms with Crippen molar-refractivity contribution in [2.24, 2.45) is 11.8 Å². The summed E-state index contributed by atoms with van der Waals surface area (Å²) in [7, 11) is 0. The molecule has 0 spiro atoms. The Hall–Kier alpha value is -0.160. The van der Waals surface area contributed by atoms with Gasteiger partial charge in [0.25, 0.3) is 0 Å². The van der Waals surface area contributed by atoms with Gasteiger partial charge >= 0.3 is 0 Å². The monoisotopic (exact) mass is 525 g/mol. The molecule has 4 aliphatic rings. The Labute approximate surface area is 235 Å². The third-order valence-corrected chi connectivity index (χ3v) is 9.02. The van der Waals surface area contributed by atoms with Gasteiger partial charge in [-0.05, 0) is 119 Å². The van der Waals surface area contributed by atoms with Crippen LogP contribution >= 0.6 is 0 Å². The third-order valence-electron chi connectivity index (χ3n) is 9.02. The van der Waals surface area contributed by atoms with E-state index in [9.17, 15) is 0 Å². The lowest BCUT2D eigenvalue weighted by Crippen LogP contribution is -2.50. The molecule has 0 aliphatic carbocycles. The smallest absolute Gasteiger partial charge is 0.0107 e. The van der Waals surface area contributed by atoms with Crippen LogP contribution in [0.3, 0.4) is 0 Å². The minimum absolute atomic E-state index is 0. The molecule has 224 valence electrons. The number of likely N-dealkylation sites (tertiary alicyclic amines) is 4. The Kier molecular flexibility index (Phi) is 18.9. The summed E-state index contributed by atoms with van der Waals surface area (Å²) in [4.78, 5) is 10.2. The Morgan fingerprint density at radius 2 is 0.838 bits per heavy atom. The number of rotatable bonds is 6. The highest BCUT2D eigenvalue weighted by Crippen LogP contribution is 2.23. The van der Waals surface area contributed by atoms with Crippen LogP contribution in [0.5, 0.6) is 0 Å². The maximum atomic E-state index is 2.57. The zero-order valence-corrected chi connectivity index (χ0v) is 26.9. The Bertz CT molecular complexity index is 482. The highest BCUT2D eigenvalue weighted by molar-refractivity contribution is 4.84. The van der Waals surface area contributed by atoms with Crippen molar-refractivity contribution in [3.63, 3.8) is 0 Å². The second kappa shape index (κ2) is 19.0. The predicted molar refractivity (Wildman–Crippen MR) is 169 cm³/mol. The molecule has 4 fully saturated rings. The first-order valence-electron chi connectivity index (χ1n) is 15.9. The van der Waals surface area contributed by atoms with Crippen molar-refractivity contribution in [2.75, 3.05) is 39.3 Å². The van der Waals surface area contributed by atoms with Crippen molar-refractivity contribution < 1.29 is 0 Å². The van der Waals surface area contributed by atoms with Crippen LogP contribution in [0, 0.1) is 11.8 Å². The lowest BCUT2D eigenvalue weighted by Gasteiger charge is -2.43. The SMILES string of the molecule is C.CC(C)N1CC[C@@H](C)C1.CC(C)N1CC[C@H](C)C1.CC[C@@H]1CCN1C(C)C.CC[C@H]1CCN1C(C)C. The molecular weight excluding hydrogens is 452 g/mol. The molecule has 37 heavy (non-hydrogen) atoms.